The zero-order chi connectivity index (χ0) is 10.3. The third-order valence-corrected chi connectivity index (χ3v) is 2.38. The van der Waals surface area contributed by atoms with Crippen molar-refractivity contribution in [3.8, 4) is 5.75 Å². The average molecular weight is 195 g/mol. The summed E-state index contributed by atoms with van der Waals surface area (Å²) in [6.45, 7) is 1.90. The molecule has 3 nitrogen and oxygen atoms in total. The Morgan fingerprint density at radius 2 is 2.29 bits per heavy atom. The summed E-state index contributed by atoms with van der Waals surface area (Å²) < 4.78 is 13.4. The van der Waals surface area contributed by atoms with E-state index in [1.807, 2.05) is 0 Å². The molecule has 1 amide bonds. The molecule has 0 fully saturated rings. The van der Waals surface area contributed by atoms with Crippen molar-refractivity contribution in [2.45, 2.75) is 13.3 Å². The summed E-state index contributed by atoms with van der Waals surface area (Å²) >= 11 is 0. The Morgan fingerprint density at radius 3 is 2.93 bits per heavy atom. The Kier molecular flexibility index (Phi) is 1.91. The Hall–Kier alpha value is -1.58. The average Bonchev–Trinajstić information content (AvgIpc) is 2.47. The number of halogens is 1. The van der Waals surface area contributed by atoms with Gasteiger partial charge in [0, 0.05) is 19.5 Å². The molecular formula is C10H10FNO2. The van der Waals surface area contributed by atoms with E-state index in [2.05, 4.69) is 0 Å². The largest absolute Gasteiger partial charge is 0.508 e. The fourth-order valence-electron chi connectivity index (χ4n) is 1.79. The van der Waals surface area contributed by atoms with E-state index in [0.29, 0.717) is 24.2 Å². The maximum Gasteiger partial charge on any atom is 0.223 e. The van der Waals surface area contributed by atoms with Crippen molar-refractivity contribution >= 4 is 11.6 Å². The van der Waals surface area contributed by atoms with E-state index in [0.717, 1.165) is 6.07 Å². The number of anilines is 1. The molecule has 0 saturated heterocycles. The van der Waals surface area contributed by atoms with Gasteiger partial charge < -0.3 is 10.0 Å². The zero-order valence-electron chi connectivity index (χ0n) is 7.75. The second-order valence-corrected chi connectivity index (χ2v) is 3.36. The molecule has 74 valence electrons. The number of carbonyl (C=O) groups is 1. The molecule has 0 aliphatic carbocycles. The van der Waals surface area contributed by atoms with Gasteiger partial charge >= 0.3 is 0 Å². The molecule has 0 bridgehead atoms. The highest BCUT2D eigenvalue weighted by Crippen LogP contribution is 2.33. The predicted octanol–water partition coefficient (Wildman–Crippen LogP) is 1.44. The van der Waals surface area contributed by atoms with Gasteiger partial charge in [0.25, 0.3) is 0 Å². The number of amides is 1. The van der Waals surface area contributed by atoms with Crippen LogP contribution in [0.2, 0.25) is 0 Å². The van der Waals surface area contributed by atoms with Crippen LogP contribution in [0.15, 0.2) is 12.1 Å². The first-order valence-electron chi connectivity index (χ1n) is 4.39. The van der Waals surface area contributed by atoms with Gasteiger partial charge in [0.1, 0.15) is 5.75 Å². The predicted molar refractivity (Wildman–Crippen MR) is 49.8 cm³/mol. The second-order valence-electron chi connectivity index (χ2n) is 3.36. The topological polar surface area (TPSA) is 40.5 Å². The SMILES string of the molecule is CC(=O)N1CCc2cc(O)cc(F)c21. The summed E-state index contributed by atoms with van der Waals surface area (Å²) in [5.41, 5.74) is 1.01. The fraction of sp³-hybridized carbons (Fsp3) is 0.300. The molecule has 1 aromatic rings. The van der Waals surface area contributed by atoms with E-state index in [1.165, 1.54) is 17.9 Å². The fourth-order valence-corrected chi connectivity index (χ4v) is 1.79. The molecule has 1 aliphatic rings. The van der Waals surface area contributed by atoms with Crippen molar-refractivity contribution < 1.29 is 14.3 Å². The van der Waals surface area contributed by atoms with Crippen LogP contribution in [0.5, 0.6) is 5.75 Å². The molecule has 4 heteroatoms. The molecule has 0 saturated carbocycles. The van der Waals surface area contributed by atoms with Gasteiger partial charge in [-0.3, -0.25) is 4.79 Å². The molecule has 1 aliphatic heterocycles. The van der Waals surface area contributed by atoms with Crippen LogP contribution in [0, 0.1) is 5.82 Å². The first-order chi connectivity index (χ1) is 6.59. The minimum atomic E-state index is -0.535. The van der Waals surface area contributed by atoms with Gasteiger partial charge in [-0.2, -0.15) is 0 Å². The van der Waals surface area contributed by atoms with Gasteiger partial charge in [-0.1, -0.05) is 0 Å². The van der Waals surface area contributed by atoms with Crippen LogP contribution in [0.1, 0.15) is 12.5 Å². The molecule has 0 spiro atoms. The molecule has 1 aromatic carbocycles. The lowest BCUT2D eigenvalue weighted by Gasteiger charge is -2.15. The minimum absolute atomic E-state index is 0.0911. The van der Waals surface area contributed by atoms with E-state index in [1.54, 1.807) is 0 Å². The van der Waals surface area contributed by atoms with E-state index in [9.17, 15) is 9.18 Å². The molecular weight excluding hydrogens is 185 g/mol. The normalized spacial score (nSPS) is 14.3. The van der Waals surface area contributed by atoms with E-state index < -0.39 is 5.82 Å². The van der Waals surface area contributed by atoms with Crippen molar-refractivity contribution in [3.63, 3.8) is 0 Å². The van der Waals surface area contributed by atoms with Gasteiger partial charge in [-0.15, -0.1) is 0 Å². The third kappa shape index (κ3) is 1.23. The summed E-state index contributed by atoms with van der Waals surface area (Å²) in [4.78, 5) is 12.5. The van der Waals surface area contributed by atoms with Crippen molar-refractivity contribution in [2.24, 2.45) is 0 Å². The van der Waals surface area contributed by atoms with Gasteiger partial charge in [0.15, 0.2) is 5.82 Å². The third-order valence-electron chi connectivity index (χ3n) is 2.38. The van der Waals surface area contributed by atoms with Crippen molar-refractivity contribution in [1.82, 2.24) is 0 Å². The first kappa shape index (κ1) is 8.99. The summed E-state index contributed by atoms with van der Waals surface area (Å²) in [7, 11) is 0. The zero-order valence-corrected chi connectivity index (χ0v) is 7.75. The van der Waals surface area contributed by atoms with E-state index >= 15 is 0 Å². The Labute approximate surface area is 80.8 Å². The van der Waals surface area contributed by atoms with E-state index in [-0.39, 0.29) is 11.7 Å². The van der Waals surface area contributed by atoms with Crippen LogP contribution in [-0.2, 0) is 11.2 Å². The lowest BCUT2D eigenvalue weighted by Crippen LogP contribution is -2.26. The van der Waals surface area contributed by atoms with Gasteiger partial charge in [-0.05, 0) is 18.1 Å². The number of hydrogen-bond donors (Lipinski definition) is 1. The summed E-state index contributed by atoms with van der Waals surface area (Å²) in [6.07, 6.45) is 0.597. The number of aromatic hydroxyl groups is 1. The van der Waals surface area contributed by atoms with Crippen LogP contribution < -0.4 is 4.90 Å². The van der Waals surface area contributed by atoms with Crippen LogP contribution in [0.4, 0.5) is 10.1 Å². The highest BCUT2D eigenvalue weighted by Gasteiger charge is 2.26. The monoisotopic (exact) mass is 195 g/mol. The number of hydrogen-bond acceptors (Lipinski definition) is 2. The number of fused-ring (bicyclic) bond motifs is 1. The second kappa shape index (κ2) is 2.97. The lowest BCUT2D eigenvalue weighted by molar-refractivity contribution is -0.116. The summed E-state index contributed by atoms with van der Waals surface area (Å²) in [5, 5.41) is 9.16. The summed E-state index contributed by atoms with van der Waals surface area (Å²) in [5.74, 6) is -0.798. The molecule has 1 heterocycles. The van der Waals surface area contributed by atoms with E-state index in [4.69, 9.17) is 5.11 Å². The summed E-state index contributed by atoms with van der Waals surface area (Å²) in [6, 6.07) is 2.53. The van der Waals surface area contributed by atoms with Crippen molar-refractivity contribution in [1.29, 1.82) is 0 Å². The van der Waals surface area contributed by atoms with Crippen LogP contribution in [0.25, 0.3) is 0 Å². The highest BCUT2D eigenvalue weighted by molar-refractivity contribution is 5.94. The van der Waals surface area contributed by atoms with Crippen LogP contribution in [-0.4, -0.2) is 17.6 Å². The number of phenols is 1. The molecule has 0 aromatic heterocycles. The first-order valence-corrected chi connectivity index (χ1v) is 4.39. The molecule has 0 atom stereocenters. The molecule has 2 rings (SSSR count). The van der Waals surface area contributed by atoms with Gasteiger partial charge in [0.05, 0.1) is 5.69 Å². The number of carbonyl (C=O) groups excluding carboxylic acids is 1. The standard InChI is InChI=1S/C10H10FNO2/c1-6(13)12-3-2-7-4-8(14)5-9(11)10(7)12/h4-5,14H,2-3H2,1H3. The number of rotatable bonds is 0. The highest BCUT2D eigenvalue weighted by atomic mass is 19.1. The molecule has 0 unspecified atom stereocenters. The van der Waals surface area contributed by atoms with Crippen LogP contribution in [0.3, 0.4) is 0 Å². The molecule has 1 N–H and O–H groups in total. The maximum absolute atomic E-state index is 13.4. The minimum Gasteiger partial charge on any atom is -0.508 e. The number of benzene rings is 1. The van der Waals surface area contributed by atoms with Gasteiger partial charge in [-0.25, -0.2) is 4.39 Å². The van der Waals surface area contributed by atoms with Gasteiger partial charge in [0.2, 0.25) is 5.91 Å². The number of phenolic OH excluding ortho intramolecular Hbond substituents is 1. The lowest BCUT2D eigenvalue weighted by atomic mass is 10.1. The van der Waals surface area contributed by atoms with Crippen molar-refractivity contribution in [3.05, 3.63) is 23.5 Å². The smallest absolute Gasteiger partial charge is 0.223 e. The Balaban J connectivity index is 2.54. The quantitative estimate of drug-likeness (QED) is 0.680. The number of nitrogens with zero attached hydrogens (tertiary/aromatic N) is 1. The Morgan fingerprint density at radius 1 is 1.57 bits per heavy atom. The van der Waals surface area contributed by atoms with Crippen molar-refractivity contribution in [2.75, 3.05) is 11.4 Å². The molecule has 0 radical (unpaired) electrons. The maximum atomic E-state index is 13.4. The molecule has 14 heavy (non-hydrogen) atoms. The Bertz CT molecular complexity index is 403. The van der Waals surface area contributed by atoms with Crippen LogP contribution >= 0.6 is 0 Å².